The molecule has 2 amide bonds. The van der Waals surface area contributed by atoms with Gasteiger partial charge in [-0.15, -0.1) is 0 Å². The number of hydrogen-bond acceptors (Lipinski definition) is 7. The summed E-state index contributed by atoms with van der Waals surface area (Å²) in [4.78, 5) is 38.7. The van der Waals surface area contributed by atoms with Gasteiger partial charge in [-0.2, -0.15) is 0 Å². The van der Waals surface area contributed by atoms with Crippen molar-refractivity contribution in [2.75, 3.05) is 13.1 Å². The molecule has 0 aliphatic carbocycles. The largest absolute Gasteiger partial charge is 0.446 e. The number of aliphatic hydroxyl groups excluding tert-OH is 1. The number of aliphatic hydroxyl groups is 1. The Balaban J connectivity index is 1.32. The van der Waals surface area contributed by atoms with Crippen LogP contribution in [0.4, 0.5) is 0 Å². The highest BCUT2D eigenvalue weighted by molar-refractivity contribution is 6.01. The average Bonchev–Trinajstić information content (AvgIpc) is 3.83. The van der Waals surface area contributed by atoms with Crippen LogP contribution in [0.25, 0.3) is 11.3 Å². The van der Waals surface area contributed by atoms with Crippen molar-refractivity contribution in [1.29, 1.82) is 0 Å². The van der Waals surface area contributed by atoms with Gasteiger partial charge < -0.3 is 25.1 Å². The van der Waals surface area contributed by atoms with E-state index in [4.69, 9.17) is 4.42 Å². The van der Waals surface area contributed by atoms with E-state index in [0.717, 1.165) is 43.5 Å². The van der Waals surface area contributed by atoms with E-state index in [2.05, 4.69) is 20.6 Å². The summed E-state index contributed by atoms with van der Waals surface area (Å²) < 4.78 is 5.67. The van der Waals surface area contributed by atoms with Gasteiger partial charge in [0.15, 0.2) is 0 Å². The second kappa shape index (κ2) is 12.9. The Morgan fingerprint density at radius 1 is 1.07 bits per heavy atom. The molecule has 0 bridgehead atoms. The average molecular weight is 580 g/mol. The zero-order valence-corrected chi connectivity index (χ0v) is 24.3. The monoisotopic (exact) mass is 579 g/mol. The third kappa shape index (κ3) is 6.53. The summed E-state index contributed by atoms with van der Waals surface area (Å²) in [7, 11) is 0. The molecule has 222 valence electrons. The van der Waals surface area contributed by atoms with Crippen molar-refractivity contribution in [1.82, 2.24) is 25.5 Å². The third-order valence-electron chi connectivity index (χ3n) is 8.38. The Morgan fingerprint density at radius 3 is 2.60 bits per heavy atom. The number of nitrogens with one attached hydrogen (secondary N) is 2. The highest BCUT2D eigenvalue weighted by Gasteiger charge is 2.35. The summed E-state index contributed by atoms with van der Waals surface area (Å²) in [6.07, 6.45) is 6.40. The summed E-state index contributed by atoms with van der Waals surface area (Å²) >= 11 is 0. The third-order valence-corrected chi connectivity index (χ3v) is 8.38. The first-order chi connectivity index (χ1) is 21.0. The highest BCUT2D eigenvalue weighted by atomic mass is 16.3. The molecular weight excluding hydrogens is 542 g/mol. The van der Waals surface area contributed by atoms with Crippen LogP contribution in [0.5, 0.6) is 0 Å². The lowest BCUT2D eigenvalue weighted by Gasteiger charge is -2.29. The molecule has 9 heteroatoms. The molecule has 1 unspecified atom stereocenters. The molecule has 0 radical (unpaired) electrons. The number of rotatable bonds is 9. The fraction of sp³-hybridized carbons (Fsp3) is 0.353. The number of likely N-dealkylation sites (tertiary alicyclic amines) is 1. The van der Waals surface area contributed by atoms with Crippen molar-refractivity contribution in [3.8, 4) is 11.3 Å². The molecule has 2 aliphatic heterocycles. The van der Waals surface area contributed by atoms with E-state index >= 15 is 0 Å². The van der Waals surface area contributed by atoms with E-state index in [0.29, 0.717) is 41.2 Å². The molecule has 2 fully saturated rings. The van der Waals surface area contributed by atoms with Gasteiger partial charge in [0.25, 0.3) is 11.8 Å². The van der Waals surface area contributed by atoms with Crippen LogP contribution < -0.4 is 10.6 Å². The van der Waals surface area contributed by atoms with Gasteiger partial charge >= 0.3 is 0 Å². The van der Waals surface area contributed by atoms with Crippen LogP contribution in [0.1, 0.15) is 69.6 Å². The number of aryl methyl sites for hydroxylation is 1. The SMILES string of the molecule is Cc1coc(C2CCCN2C(=O)c2cc(C(=O)N[C@@H](Cc3ccccc3)[C@H](O)[C@H]3CCCN3)cc(-c3ccccn3)c2)n1. The number of amides is 2. The molecule has 4 atom stereocenters. The van der Waals surface area contributed by atoms with Gasteiger partial charge in [0.1, 0.15) is 12.3 Å². The van der Waals surface area contributed by atoms with Gasteiger partial charge in [-0.25, -0.2) is 4.98 Å². The zero-order chi connectivity index (χ0) is 29.8. The number of carbonyl (C=O) groups excluding carboxylic acids is 2. The predicted molar refractivity (Wildman–Crippen MR) is 162 cm³/mol. The van der Waals surface area contributed by atoms with Crippen LogP contribution in [0.15, 0.2) is 83.6 Å². The quantitative estimate of drug-likeness (QED) is 0.268. The molecule has 9 nitrogen and oxygen atoms in total. The van der Waals surface area contributed by atoms with Crippen LogP contribution in [0, 0.1) is 6.92 Å². The first-order valence-corrected chi connectivity index (χ1v) is 15.0. The van der Waals surface area contributed by atoms with Gasteiger partial charge in [0.2, 0.25) is 5.89 Å². The molecule has 0 spiro atoms. The van der Waals surface area contributed by atoms with E-state index in [9.17, 15) is 14.7 Å². The van der Waals surface area contributed by atoms with Gasteiger partial charge in [-0.05, 0) is 81.5 Å². The van der Waals surface area contributed by atoms with Gasteiger partial charge in [-0.1, -0.05) is 36.4 Å². The standard InChI is InChI=1S/C34H37N5O4/c1-22-21-43-33(37-22)30-13-8-16-39(30)34(42)26-19-24(27-11-5-6-14-35-27)18-25(20-26)32(41)38-29(17-23-9-3-2-4-10-23)31(40)28-12-7-15-36-28/h2-6,9-11,14,18-21,28-31,36,40H,7-8,12-13,15-17H2,1H3,(H,38,41)/t28-,29+,30?,31-/m1/s1. The first-order valence-electron chi connectivity index (χ1n) is 15.0. The van der Waals surface area contributed by atoms with Crippen LogP contribution in [0.2, 0.25) is 0 Å². The second-order valence-electron chi connectivity index (χ2n) is 11.5. The first kappa shape index (κ1) is 28.8. The van der Waals surface area contributed by atoms with Crippen molar-refractivity contribution in [3.63, 3.8) is 0 Å². The van der Waals surface area contributed by atoms with E-state index in [1.807, 2.05) is 55.5 Å². The van der Waals surface area contributed by atoms with Crippen molar-refractivity contribution in [2.24, 2.45) is 0 Å². The van der Waals surface area contributed by atoms with E-state index in [1.54, 1.807) is 35.6 Å². The highest BCUT2D eigenvalue weighted by Crippen LogP contribution is 2.33. The number of hydrogen-bond donors (Lipinski definition) is 3. The topological polar surface area (TPSA) is 121 Å². The Hall–Kier alpha value is -4.34. The number of nitrogens with zero attached hydrogens (tertiary/aromatic N) is 3. The molecule has 6 rings (SSSR count). The van der Waals surface area contributed by atoms with Gasteiger partial charge in [-0.3, -0.25) is 14.6 Å². The van der Waals surface area contributed by atoms with E-state index < -0.39 is 12.1 Å². The van der Waals surface area contributed by atoms with E-state index in [-0.39, 0.29) is 23.9 Å². The van der Waals surface area contributed by atoms with Crippen molar-refractivity contribution in [2.45, 2.75) is 63.3 Å². The predicted octanol–water partition coefficient (Wildman–Crippen LogP) is 4.48. The maximum atomic E-state index is 14.0. The smallest absolute Gasteiger partial charge is 0.254 e. The minimum absolute atomic E-state index is 0.100. The number of oxazole rings is 1. The molecule has 2 saturated heterocycles. The van der Waals surface area contributed by atoms with Gasteiger partial charge in [0, 0.05) is 35.5 Å². The molecule has 43 heavy (non-hydrogen) atoms. The van der Waals surface area contributed by atoms with Gasteiger partial charge in [0.05, 0.1) is 23.5 Å². The Kier molecular flexibility index (Phi) is 8.62. The minimum Gasteiger partial charge on any atom is -0.446 e. The van der Waals surface area contributed by atoms with Crippen molar-refractivity contribution >= 4 is 11.8 Å². The molecular formula is C34H37N5O4. The second-order valence-corrected chi connectivity index (χ2v) is 11.5. The maximum absolute atomic E-state index is 14.0. The normalized spacial score (nSPS) is 19.7. The number of carbonyl (C=O) groups is 2. The molecule has 4 aromatic rings. The number of benzene rings is 2. The Bertz CT molecular complexity index is 1550. The number of pyridine rings is 1. The summed E-state index contributed by atoms with van der Waals surface area (Å²) in [5, 5.41) is 17.8. The summed E-state index contributed by atoms with van der Waals surface area (Å²) in [5.41, 5.74) is 3.83. The van der Waals surface area contributed by atoms with Crippen molar-refractivity contribution < 1.29 is 19.1 Å². The zero-order valence-electron chi connectivity index (χ0n) is 24.3. The van der Waals surface area contributed by atoms with E-state index in [1.165, 1.54) is 0 Å². The van der Waals surface area contributed by atoms with Crippen molar-refractivity contribution in [3.05, 3.63) is 107 Å². The molecule has 2 aromatic heterocycles. The molecule has 3 N–H and O–H groups in total. The summed E-state index contributed by atoms with van der Waals surface area (Å²) in [6, 6.07) is 19.7. The fourth-order valence-corrected chi connectivity index (χ4v) is 6.18. The number of aromatic nitrogens is 2. The van der Waals surface area contributed by atoms with Crippen LogP contribution in [0.3, 0.4) is 0 Å². The van der Waals surface area contributed by atoms with Crippen LogP contribution in [-0.2, 0) is 6.42 Å². The molecule has 2 aliphatic rings. The maximum Gasteiger partial charge on any atom is 0.254 e. The summed E-state index contributed by atoms with van der Waals surface area (Å²) in [5.74, 6) is -0.0206. The Labute approximate surface area is 251 Å². The summed E-state index contributed by atoms with van der Waals surface area (Å²) in [6.45, 7) is 3.27. The molecule has 2 aromatic carbocycles. The lowest BCUT2D eigenvalue weighted by Crippen LogP contribution is -2.52. The van der Waals surface area contributed by atoms with Crippen LogP contribution >= 0.6 is 0 Å². The lowest BCUT2D eigenvalue weighted by molar-refractivity contribution is 0.0715. The fourth-order valence-electron chi connectivity index (χ4n) is 6.18. The molecule has 4 heterocycles. The molecule has 0 saturated carbocycles. The lowest BCUT2D eigenvalue weighted by atomic mass is 9.94. The minimum atomic E-state index is -0.777. The van der Waals surface area contributed by atoms with Crippen LogP contribution in [-0.4, -0.2) is 63.1 Å². The Morgan fingerprint density at radius 2 is 1.88 bits per heavy atom.